The summed E-state index contributed by atoms with van der Waals surface area (Å²) in [5.41, 5.74) is 1.70. The van der Waals surface area contributed by atoms with Crippen LogP contribution >= 0.6 is 0 Å². The molecule has 0 heterocycles. The van der Waals surface area contributed by atoms with Crippen molar-refractivity contribution in [2.75, 3.05) is 0 Å². The molecule has 136 valence electrons. The third kappa shape index (κ3) is 5.59. The molecule has 1 fully saturated rings. The fraction of sp³-hybridized carbons (Fsp3) is 0.636. The molecule has 0 unspecified atom stereocenters. The van der Waals surface area contributed by atoms with E-state index in [0.717, 1.165) is 51.4 Å². The minimum Gasteiger partial charge on any atom is -0.459 e. The molecule has 1 saturated carbocycles. The second-order valence-electron chi connectivity index (χ2n) is 7.40. The molecule has 1 aliphatic carbocycles. The molecule has 3 heteroatoms. The summed E-state index contributed by atoms with van der Waals surface area (Å²) in [6.07, 6.45) is 9.85. The van der Waals surface area contributed by atoms with Crippen LogP contribution in [0.5, 0.6) is 0 Å². The van der Waals surface area contributed by atoms with Gasteiger partial charge in [-0.25, -0.2) is 4.79 Å². The van der Waals surface area contributed by atoms with Crippen molar-refractivity contribution >= 4 is 5.97 Å². The second-order valence-corrected chi connectivity index (χ2v) is 7.40. The van der Waals surface area contributed by atoms with E-state index in [1.807, 2.05) is 24.3 Å². The van der Waals surface area contributed by atoms with Crippen LogP contribution in [0.3, 0.4) is 0 Å². The molecule has 3 nitrogen and oxygen atoms in total. The number of carbonyl (C=O) groups excluding carboxylic acids is 1. The lowest BCUT2D eigenvalue weighted by molar-refractivity contribution is 0.0105. The van der Waals surface area contributed by atoms with E-state index in [9.17, 15) is 10.1 Å². The molecule has 0 spiro atoms. The number of benzene rings is 1. The topological polar surface area (TPSA) is 50.1 Å². The van der Waals surface area contributed by atoms with Gasteiger partial charge in [0.25, 0.3) is 0 Å². The SMILES string of the molecule is CCCCc1ccc(C(=O)O[C@H]2CC[C@](C#N)(CCCC)CC2)cc1. The van der Waals surface area contributed by atoms with Gasteiger partial charge in [-0.3, -0.25) is 0 Å². The van der Waals surface area contributed by atoms with Crippen molar-refractivity contribution in [3.05, 3.63) is 35.4 Å². The summed E-state index contributed by atoms with van der Waals surface area (Å²) in [4.78, 5) is 12.4. The maximum Gasteiger partial charge on any atom is 0.338 e. The van der Waals surface area contributed by atoms with Crippen molar-refractivity contribution in [3.63, 3.8) is 0 Å². The van der Waals surface area contributed by atoms with Gasteiger partial charge < -0.3 is 4.74 Å². The van der Waals surface area contributed by atoms with Crippen LogP contribution in [-0.2, 0) is 11.2 Å². The van der Waals surface area contributed by atoms with Gasteiger partial charge in [-0.05, 0) is 62.6 Å². The maximum absolute atomic E-state index is 12.4. The third-order valence-corrected chi connectivity index (χ3v) is 5.42. The molecular weight excluding hydrogens is 310 g/mol. The largest absolute Gasteiger partial charge is 0.459 e. The van der Waals surface area contributed by atoms with Crippen molar-refractivity contribution in [1.29, 1.82) is 5.26 Å². The van der Waals surface area contributed by atoms with E-state index in [-0.39, 0.29) is 17.5 Å². The number of rotatable bonds is 8. The molecular formula is C22H31NO2. The Kier molecular flexibility index (Phi) is 7.50. The van der Waals surface area contributed by atoms with E-state index >= 15 is 0 Å². The third-order valence-electron chi connectivity index (χ3n) is 5.42. The van der Waals surface area contributed by atoms with Crippen molar-refractivity contribution in [1.82, 2.24) is 0 Å². The van der Waals surface area contributed by atoms with Crippen LogP contribution < -0.4 is 0 Å². The summed E-state index contributed by atoms with van der Waals surface area (Å²) >= 11 is 0. The van der Waals surface area contributed by atoms with Crippen LogP contribution in [0.25, 0.3) is 0 Å². The monoisotopic (exact) mass is 341 g/mol. The quantitative estimate of drug-likeness (QED) is 0.559. The average molecular weight is 341 g/mol. The fourth-order valence-corrected chi connectivity index (χ4v) is 3.60. The highest BCUT2D eigenvalue weighted by Crippen LogP contribution is 2.41. The van der Waals surface area contributed by atoms with Crippen LogP contribution in [0.2, 0.25) is 0 Å². The summed E-state index contributed by atoms with van der Waals surface area (Å²) in [6.45, 7) is 4.34. The Hall–Kier alpha value is -1.82. The summed E-state index contributed by atoms with van der Waals surface area (Å²) in [5, 5.41) is 9.54. The Morgan fingerprint density at radius 2 is 1.80 bits per heavy atom. The zero-order chi connectivity index (χ0) is 18.1. The second kappa shape index (κ2) is 9.61. The molecule has 25 heavy (non-hydrogen) atoms. The van der Waals surface area contributed by atoms with Crippen LogP contribution in [0, 0.1) is 16.7 Å². The first-order valence-electron chi connectivity index (χ1n) is 9.83. The first-order valence-corrected chi connectivity index (χ1v) is 9.83. The van der Waals surface area contributed by atoms with E-state index in [0.29, 0.717) is 5.56 Å². The first kappa shape index (κ1) is 19.5. The molecule has 0 saturated heterocycles. The van der Waals surface area contributed by atoms with Crippen LogP contribution in [0.1, 0.15) is 87.6 Å². The Bertz CT molecular complexity index is 577. The molecule has 0 aliphatic heterocycles. The minimum atomic E-state index is -0.231. The van der Waals surface area contributed by atoms with Crippen LogP contribution in [-0.4, -0.2) is 12.1 Å². The Morgan fingerprint density at radius 3 is 2.36 bits per heavy atom. The van der Waals surface area contributed by atoms with Crippen molar-refractivity contribution in [2.45, 2.75) is 84.2 Å². The molecule has 1 aromatic rings. The van der Waals surface area contributed by atoms with Gasteiger partial charge in [-0.15, -0.1) is 0 Å². The summed E-state index contributed by atoms with van der Waals surface area (Å²) in [6, 6.07) is 10.3. The fourth-order valence-electron chi connectivity index (χ4n) is 3.60. The molecule has 0 amide bonds. The number of ether oxygens (including phenoxy) is 1. The van der Waals surface area contributed by atoms with Gasteiger partial charge in [0.2, 0.25) is 0 Å². The molecule has 0 bridgehead atoms. The van der Waals surface area contributed by atoms with Crippen molar-refractivity contribution in [3.8, 4) is 6.07 Å². The summed E-state index contributed by atoms with van der Waals surface area (Å²) in [7, 11) is 0. The predicted octanol–water partition coefficient (Wildman–Crippen LogP) is 5.83. The van der Waals surface area contributed by atoms with Gasteiger partial charge in [0.05, 0.1) is 17.0 Å². The number of hydrogen-bond donors (Lipinski definition) is 0. The Labute approximate surface area is 152 Å². The van der Waals surface area contributed by atoms with Gasteiger partial charge >= 0.3 is 5.97 Å². The molecule has 0 radical (unpaired) electrons. The molecule has 1 aromatic carbocycles. The van der Waals surface area contributed by atoms with E-state index in [2.05, 4.69) is 19.9 Å². The highest BCUT2D eigenvalue weighted by molar-refractivity contribution is 5.89. The molecule has 1 aliphatic rings. The van der Waals surface area contributed by atoms with Gasteiger partial charge in [0.1, 0.15) is 6.10 Å². The van der Waals surface area contributed by atoms with Crippen molar-refractivity contribution < 1.29 is 9.53 Å². The van der Waals surface area contributed by atoms with Gasteiger partial charge in [0, 0.05) is 0 Å². The molecule has 0 atom stereocenters. The van der Waals surface area contributed by atoms with Crippen molar-refractivity contribution in [2.24, 2.45) is 5.41 Å². The number of esters is 1. The Balaban J connectivity index is 1.84. The lowest BCUT2D eigenvalue weighted by Crippen LogP contribution is -2.31. The molecule has 0 aromatic heterocycles. The van der Waals surface area contributed by atoms with E-state index in [1.54, 1.807) is 0 Å². The van der Waals surface area contributed by atoms with Gasteiger partial charge in [-0.1, -0.05) is 45.2 Å². The first-order chi connectivity index (χ1) is 12.1. The standard InChI is InChI=1S/C22H31NO2/c1-3-5-7-18-8-10-19(11-9-18)21(24)25-20-12-15-22(17-23,16-13-20)14-6-4-2/h8-11,20H,3-7,12-16H2,1-2H3/t20-,22+. The number of nitrogens with zero attached hydrogens (tertiary/aromatic N) is 1. The number of nitriles is 1. The number of hydrogen-bond acceptors (Lipinski definition) is 3. The number of aryl methyl sites for hydroxylation is 1. The Morgan fingerprint density at radius 1 is 1.16 bits per heavy atom. The van der Waals surface area contributed by atoms with Crippen LogP contribution in [0.15, 0.2) is 24.3 Å². The van der Waals surface area contributed by atoms with E-state index in [1.165, 1.54) is 18.4 Å². The summed E-state index contributed by atoms with van der Waals surface area (Å²) in [5.74, 6) is -0.231. The number of unbranched alkanes of at least 4 members (excludes halogenated alkanes) is 2. The zero-order valence-corrected chi connectivity index (χ0v) is 15.7. The van der Waals surface area contributed by atoms with Gasteiger partial charge in [-0.2, -0.15) is 5.26 Å². The number of carbonyl (C=O) groups is 1. The van der Waals surface area contributed by atoms with Crippen LogP contribution in [0.4, 0.5) is 0 Å². The normalized spacial score (nSPS) is 23.0. The molecule has 2 rings (SSSR count). The minimum absolute atomic E-state index is 0.0460. The summed E-state index contributed by atoms with van der Waals surface area (Å²) < 4.78 is 5.69. The highest BCUT2D eigenvalue weighted by Gasteiger charge is 2.36. The maximum atomic E-state index is 12.4. The average Bonchev–Trinajstić information content (AvgIpc) is 2.66. The van der Waals surface area contributed by atoms with E-state index < -0.39 is 0 Å². The predicted molar refractivity (Wildman–Crippen MR) is 100 cm³/mol. The van der Waals surface area contributed by atoms with Gasteiger partial charge in [0.15, 0.2) is 0 Å². The lowest BCUT2D eigenvalue weighted by Gasteiger charge is -2.34. The smallest absolute Gasteiger partial charge is 0.338 e. The van der Waals surface area contributed by atoms with E-state index in [4.69, 9.17) is 4.74 Å². The highest BCUT2D eigenvalue weighted by atomic mass is 16.5. The lowest BCUT2D eigenvalue weighted by atomic mass is 9.71. The molecule has 0 N–H and O–H groups in total. The zero-order valence-electron chi connectivity index (χ0n) is 15.7.